The summed E-state index contributed by atoms with van der Waals surface area (Å²) in [7, 11) is 1.65. The van der Waals surface area contributed by atoms with Crippen LogP contribution < -0.4 is 10.6 Å². The van der Waals surface area contributed by atoms with Gasteiger partial charge in [-0.15, -0.1) is 0 Å². The Morgan fingerprint density at radius 3 is 2.83 bits per heavy atom. The Morgan fingerprint density at radius 2 is 2.22 bits per heavy atom. The van der Waals surface area contributed by atoms with Gasteiger partial charge in [-0.3, -0.25) is 4.79 Å². The molecule has 1 heterocycles. The molecular formula is C12H23N5O. The van der Waals surface area contributed by atoms with Crippen LogP contribution in [0.1, 0.15) is 33.0 Å². The summed E-state index contributed by atoms with van der Waals surface area (Å²) in [5, 5.41) is 10.1. The number of nitrogens with zero attached hydrogens (tertiary/aromatic N) is 3. The minimum atomic E-state index is -0.426. The molecular weight excluding hydrogens is 230 g/mol. The lowest BCUT2D eigenvalue weighted by atomic mass is 9.92. The maximum atomic E-state index is 11.6. The minimum Gasteiger partial charge on any atom is -0.359 e. The highest BCUT2D eigenvalue weighted by molar-refractivity contribution is 5.81. The van der Waals surface area contributed by atoms with E-state index in [-0.39, 0.29) is 5.91 Å². The lowest BCUT2D eigenvalue weighted by molar-refractivity contribution is -0.128. The number of amides is 1. The first-order valence-electron chi connectivity index (χ1n) is 6.31. The van der Waals surface area contributed by atoms with Crippen molar-refractivity contribution in [3.63, 3.8) is 0 Å². The normalized spacial score (nSPS) is 11.6. The second-order valence-electron chi connectivity index (χ2n) is 4.97. The SMILES string of the molecule is CCCn1ncnc1CNCC(C)(C)C(=O)NC. The van der Waals surface area contributed by atoms with Crippen LogP contribution in [0.15, 0.2) is 6.33 Å². The summed E-state index contributed by atoms with van der Waals surface area (Å²) in [6, 6.07) is 0. The maximum Gasteiger partial charge on any atom is 0.226 e. The zero-order chi connectivity index (χ0) is 13.6. The predicted octanol–water partition coefficient (Wildman–Crippen LogP) is 0.550. The van der Waals surface area contributed by atoms with E-state index in [2.05, 4.69) is 27.6 Å². The van der Waals surface area contributed by atoms with E-state index in [0.717, 1.165) is 18.8 Å². The van der Waals surface area contributed by atoms with Crippen molar-refractivity contribution in [3.8, 4) is 0 Å². The third kappa shape index (κ3) is 3.80. The number of hydrogen-bond acceptors (Lipinski definition) is 4. The molecule has 0 radical (unpaired) electrons. The fourth-order valence-corrected chi connectivity index (χ4v) is 1.73. The summed E-state index contributed by atoms with van der Waals surface area (Å²) in [6.07, 6.45) is 2.59. The summed E-state index contributed by atoms with van der Waals surface area (Å²) in [5.41, 5.74) is -0.426. The van der Waals surface area contributed by atoms with Gasteiger partial charge in [-0.25, -0.2) is 9.67 Å². The summed E-state index contributed by atoms with van der Waals surface area (Å²) >= 11 is 0. The van der Waals surface area contributed by atoms with E-state index in [9.17, 15) is 4.79 Å². The van der Waals surface area contributed by atoms with Crippen LogP contribution in [0.2, 0.25) is 0 Å². The number of hydrogen-bond donors (Lipinski definition) is 2. The largest absolute Gasteiger partial charge is 0.359 e. The molecule has 0 aromatic carbocycles. The Balaban J connectivity index is 2.46. The molecule has 0 aliphatic rings. The molecule has 18 heavy (non-hydrogen) atoms. The highest BCUT2D eigenvalue weighted by Gasteiger charge is 2.25. The third-order valence-corrected chi connectivity index (χ3v) is 2.82. The Hall–Kier alpha value is -1.43. The monoisotopic (exact) mass is 253 g/mol. The quantitative estimate of drug-likeness (QED) is 0.744. The molecule has 0 fully saturated rings. The van der Waals surface area contributed by atoms with Crippen molar-refractivity contribution < 1.29 is 4.79 Å². The Bertz CT molecular complexity index is 386. The lowest BCUT2D eigenvalue weighted by Crippen LogP contribution is -2.42. The standard InChI is InChI=1S/C12H23N5O/c1-5-6-17-10(15-9-16-17)7-14-8-12(2,3)11(18)13-4/h9,14H,5-8H2,1-4H3,(H,13,18). The number of carbonyl (C=O) groups excluding carboxylic acids is 1. The number of nitrogens with one attached hydrogen (secondary N) is 2. The van der Waals surface area contributed by atoms with Gasteiger partial charge in [-0.2, -0.15) is 5.10 Å². The van der Waals surface area contributed by atoms with Gasteiger partial charge < -0.3 is 10.6 Å². The molecule has 0 saturated carbocycles. The maximum absolute atomic E-state index is 11.6. The molecule has 2 N–H and O–H groups in total. The van der Waals surface area contributed by atoms with E-state index in [1.807, 2.05) is 18.5 Å². The molecule has 0 saturated heterocycles. The molecule has 0 spiro atoms. The summed E-state index contributed by atoms with van der Waals surface area (Å²) < 4.78 is 1.89. The van der Waals surface area contributed by atoms with Crippen LogP contribution >= 0.6 is 0 Å². The second kappa shape index (κ2) is 6.49. The van der Waals surface area contributed by atoms with E-state index in [1.54, 1.807) is 13.4 Å². The first-order chi connectivity index (χ1) is 8.51. The molecule has 1 rings (SSSR count). The molecule has 102 valence electrons. The summed E-state index contributed by atoms with van der Waals surface area (Å²) in [5.74, 6) is 0.939. The van der Waals surface area contributed by atoms with Crippen molar-refractivity contribution in [3.05, 3.63) is 12.2 Å². The predicted molar refractivity (Wildman–Crippen MR) is 69.9 cm³/mol. The van der Waals surface area contributed by atoms with E-state index in [1.165, 1.54) is 0 Å². The second-order valence-corrected chi connectivity index (χ2v) is 4.97. The fourth-order valence-electron chi connectivity index (χ4n) is 1.73. The zero-order valence-electron chi connectivity index (χ0n) is 11.7. The molecule has 1 aromatic rings. The van der Waals surface area contributed by atoms with Crippen molar-refractivity contribution in [1.82, 2.24) is 25.4 Å². The first-order valence-corrected chi connectivity index (χ1v) is 6.31. The van der Waals surface area contributed by atoms with Crippen molar-refractivity contribution in [2.24, 2.45) is 5.41 Å². The first kappa shape index (κ1) is 14.6. The molecule has 0 atom stereocenters. The minimum absolute atomic E-state index is 0.0324. The van der Waals surface area contributed by atoms with Crippen LogP contribution in [0, 0.1) is 5.41 Å². The van der Waals surface area contributed by atoms with Gasteiger partial charge in [0.2, 0.25) is 5.91 Å². The van der Waals surface area contributed by atoms with Gasteiger partial charge in [0.15, 0.2) is 0 Å². The third-order valence-electron chi connectivity index (χ3n) is 2.82. The van der Waals surface area contributed by atoms with Crippen LogP contribution in [0.5, 0.6) is 0 Å². The molecule has 1 amide bonds. The Morgan fingerprint density at radius 1 is 1.50 bits per heavy atom. The van der Waals surface area contributed by atoms with Gasteiger partial charge in [0.05, 0.1) is 12.0 Å². The van der Waals surface area contributed by atoms with Gasteiger partial charge in [-0.1, -0.05) is 6.92 Å². The van der Waals surface area contributed by atoms with Gasteiger partial charge in [-0.05, 0) is 20.3 Å². The number of carbonyl (C=O) groups is 1. The average molecular weight is 253 g/mol. The Labute approximate surface area is 108 Å². The van der Waals surface area contributed by atoms with Crippen LogP contribution in [0.3, 0.4) is 0 Å². The molecule has 0 aliphatic carbocycles. The lowest BCUT2D eigenvalue weighted by Gasteiger charge is -2.22. The number of aryl methyl sites for hydroxylation is 1. The van der Waals surface area contributed by atoms with Crippen LogP contribution in [0.25, 0.3) is 0 Å². The molecule has 0 unspecified atom stereocenters. The van der Waals surface area contributed by atoms with Crippen LogP contribution in [0.4, 0.5) is 0 Å². The smallest absolute Gasteiger partial charge is 0.226 e. The van der Waals surface area contributed by atoms with Crippen molar-refractivity contribution in [2.75, 3.05) is 13.6 Å². The summed E-state index contributed by atoms with van der Waals surface area (Å²) in [6.45, 7) is 8.03. The van der Waals surface area contributed by atoms with Crippen molar-refractivity contribution in [1.29, 1.82) is 0 Å². The molecule has 6 heteroatoms. The van der Waals surface area contributed by atoms with Gasteiger partial charge in [0.25, 0.3) is 0 Å². The number of rotatable bonds is 7. The van der Waals surface area contributed by atoms with Crippen LogP contribution in [-0.4, -0.2) is 34.3 Å². The van der Waals surface area contributed by atoms with Crippen LogP contribution in [-0.2, 0) is 17.9 Å². The topological polar surface area (TPSA) is 71.8 Å². The summed E-state index contributed by atoms with van der Waals surface area (Å²) in [4.78, 5) is 15.8. The molecule has 1 aromatic heterocycles. The highest BCUT2D eigenvalue weighted by Crippen LogP contribution is 2.13. The van der Waals surface area contributed by atoms with Crippen molar-refractivity contribution in [2.45, 2.75) is 40.3 Å². The van der Waals surface area contributed by atoms with E-state index >= 15 is 0 Å². The fraction of sp³-hybridized carbons (Fsp3) is 0.750. The average Bonchev–Trinajstić information content (AvgIpc) is 2.76. The molecule has 0 bridgehead atoms. The van der Waals surface area contributed by atoms with E-state index < -0.39 is 5.41 Å². The van der Waals surface area contributed by atoms with E-state index in [0.29, 0.717) is 13.1 Å². The van der Waals surface area contributed by atoms with Gasteiger partial charge in [0.1, 0.15) is 12.2 Å². The highest BCUT2D eigenvalue weighted by atomic mass is 16.2. The Kier molecular flexibility index (Phi) is 5.27. The zero-order valence-corrected chi connectivity index (χ0v) is 11.7. The van der Waals surface area contributed by atoms with Crippen molar-refractivity contribution >= 4 is 5.91 Å². The molecule has 0 aliphatic heterocycles. The number of aromatic nitrogens is 3. The van der Waals surface area contributed by atoms with Gasteiger partial charge >= 0.3 is 0 Å². The molecule has 6 nitrogen and oxygen atoms in total. The van der Waals surface area contributed by atoms with E-state index in [4.69, 9.17) is 0 Å². The van der Waals surface area contributed by atoms with Gasteiger partial charge in [0, 0.05) is 20.1 Å².